The van der Waals surface area contributed by atoms with E-state index in [4.69, 9.17) is 13.3 Å². The lowest BCUT2D eigenvalue weighted by atomic mass is 10.5. The average Bonchev–Trinajstić information content (AvgIpc) is 2.25. The molecule has 1 atom stereocenters. The second-order valence-electron chi connectivity index (χ2n) is 3.30. The van der Waals surface area contributed by atoms with Gasteiger partial charge in [0.1, 0.15) is 0 Å². The summed E-state index contributed by atoms with van der Waals surface area (Å²) >= 11 is 0. The molecule has 0 aromatic heterocycles. The van der Waals surface area contributed by atoms with Gasteiger partial charge in [-0.1, -0.05) is 0 Å². The lowest BCUT2D eigenvalue weighted by molar-refractivity contribution is 0.261. The molecule has 0 rings (SSSR count). The monoisotopic (exact) mass is 294 g/mol. The topological polar surface area (TPSA) is 84.9 Å². The molecule has 0 aliphatic heterocycles. The molecule has 0 bridgehead atoms. The normalized spacial score (nSPS) is 14.5. The van der Waals surface area contributed by atoms with Crippen molar-refractivity contribution in [1.29, 1.82) is 0 Å². The lowest BCUT2D eigenvalue weighted by Gasteiger charge is -2.22. The van der Waals surface area contributed by atoms with Gasteiger partial charge in [-0.05, 0) is 32.1 Å². The molecular formula is C6H16NO5Si4. The maximum atomic E-state index is 10.9. The van der Waals surface area contributed by atoms with Crippen molar-refractivity contribution in [3.8, 4) is 0 Å². The highest BCUT2D eigenvalue weighted by Gasteiger charge is 2.36. The molecule has 0 fully saturated rings. The van der Waals surface area contributed by atoms with Crippen molar-refractivity contribution in [3.63, 3.8) is 0 Å². The second-order valence-corrected chi connectivity index (χ2v) is 12.4. The Morgan fingerprint density at radius 3 is 2.69 bits per heavy atom. The zero-order chi connectivity index (χ0) is 12.4. The summed E-state index contributed by atoms with van der Waals surface area (Å²) in [6.45, 7) is 4.32. The molecule has 91 valence electrons. The van der Waals surface area contributed by atoms with Crippen LogP contribution in [0.15, 0.2) is 0 Å². The van der Waals surface area contributed by atoms with Gasteiger partial charge in [-0.15, -0.1) is 0 Å². The minimum absolute atomic E-state index is 0.0263. The quantitative estimate of drug-likeness (QED) is 0.310. The van der Waals surface area contributed by atoms with Gasteiger partial charge in [-0.25, -0.2) is 0 Å². The Morgan fingerprint density at radius 1 is 1.50 bits per heavy atom. The number of aliphatic hydroxyl groups excluding tert-OH is 1. The standard InChI is InChI=1S/C6H16NO5Si4/c1-15(5-3-4-7-6-8)12-16(2,14-10)11-13-9/h7-8H,3-6H2,1-2H3. The number of hydrogen-bond donors (Lipinski definition) is 2. The first kappa shape index (κ1) is 16.1. The third-order valence-electron chi connectivity index (χ3n) is 1.79. The molecular weight excluding hydrogens is 278 g/mol. The van der Waals surface area contributed by atoms with Crippen molar-refractivity contribution in [2.45, 2.75) is 25.6 Å². The molecule has 0 aliphatic rings. The zero-order valence-corrected chi connectivity index (χ0v) is 13.4. The van der Waals surface area contributed by atoms with Crippen molar-refractivity contribution in [2.24, 2.45) is 0 Å². The van der Waals surface area contributed by atoms with E-state index < -0.39 is 35.7 Å². The van der Waals surface area contributed by atoms with Gasteiger partial charge in [0.15, 0.2) is 9.04 Å². The SMILES string of the molecule is C[Si](CCCNCO)O[Si](C)(O[Si]=O)[Si]=O. The van der Waals surface area contributed by atoms with Crippen LogP contribution in [0.5, 0.6) is 0 Å². The van der Waals surface area contributed by atoms with Crippen LogP contribution in [0.3, 0.4) is 0 Å². The third kappa shape index (κ3) is 7.43. The van der Waals surface area contributed by atoms with Gasteiger partial charge in [-0.2, -0.15) is 0 Å². The van der Waals surface area contributed by atoms with Crippen LogP contribution in [0.2, 0.25) is 19.1 Å². The van der Waals surface area contributed by atoms with Gasteiger partial charge < -0.3 is 22.3 Å². The van der Waals surface area contributed by atoms with E-state index >= 15 is 0 Å². The summed E-state index contributed by atoms with van der Waals surface area (Å²) < 4.78 is 31.9. The second kappa shape index (κ2) is 9.21. The van der Waals surface area contributed by atoms with Crippen LogP contribution in [0.4, 0.5) is 0 Å². The minimum atomic E-state index is -2.71. The number of aliphatic hydroxyl groups is 1. The van der Waals surface area contributed by atoms with Gasteiger partial charge in [0, 0.05) is 0 Å². The Morgan fingerprint density at radius 2 is 2.19 bits per heavy atom. The first-order valence-corrected chi connectivity index (χ1v) is 12.0. The highest BCUT2D eigenvalue weighted by Crippen LogP contribution is 2.08. The van der Waals surface area contributed by atoms with E-state index in [1.165, 1.54) is 0 Å². The van der Waals surface area contributed by atoms with Crippen molar-refractivity contribution in [1.82, 2.24) is 5.32 Å². The predicted molar refractivity (Wildman–Crippen MR) is 62.8 cm³/mol. The van der Waals surface area contributed by atoms with Crippen LogP contribution >= 0.6 is 0 Å². The maximum Gasteiger partial charge on any atom is 0.580 e. The first-order chi connectivity index (χ1) is 7.58. The molecule has 0 aromatic rings. The predicted octanol–water partition coefficient (Wildman–Crippen LogP) is -0.846. The molecule has 0 saturated heterocycles. The van der Waals surface area contributed by atoms with E-state index in [-0.39, 0.29) is 6.73 Å². The maximum absolute atomic E-state index is 10.9. The Bertz CT molecular complexity index is 221. The minimum Gasteiger partial charge on any atom is -0.554 e. The van der Waals surface area contributed by atoms with Crippen molar-refractivity contribution in [2.75, 3.05) is 13.3 Å². The van der Waals surface area contributed by atoms with Gasteiger partial charge in [0.25, 0.3) is 0 Å². The van der Waals surface area contributed by atoms with Crippen LogP contribution in [-0.4, -0.2) is 54.1 Å². The molecule has 0 heterocycles. The first-order valence-electron chi connectivity index (χ1n) is 4.85. The van der Waals surface area contributed by atoms with Gasteiger partial charge in [0.05, 0.1) is 6.73 Å². The average molecular weight is 295 g/mol. The summed E-state index contributed by atoms with van der Waals surface area (Å²) in [5.41, 5.74) is 0. The molecule has 1 unspecified atom stereocenters. The zero-order valence-electron chi connectivity index (χ0n) is 9.41. The molecule has 10 heteroatoms. The number of hydrogen-bond acceptors (Lipinski definition) is 6. The van der Waals surface area contributed by atoms with E-state index in [1.54, 1.807) is 6.55 Å². The summed E-state index contributed by atoms with van der Waals surface area (Å²) in [5, 5.41) is 11.3. The smallest absolute Gasteiger partial charge is 0.554 e. The molecule has 2 N–H and O–H groups in total. The van der Waals surface area contributed by atoms with E-state index in [0.29, 0.717) is 0 Å². The fraction of sp³-hybridized carbons (Fsp3) is 1.00. The molecule has 3 radical (unpaired) electrons. The Balaban J connectivity index is 3.86. The molecule has 0 saturated carbocycles. The molecule has 6 nitrogen and oxygen atoms in total. The summed E-state index contributed by atoms with van der Waals surface area (Å²) in [6.07, 6.45) is 0.886. The van der Waals surface area contributed by atoms with Gasteiger partial charge >= 0.3 is 26.7 Å². The molecule has 0 spiro atoms. The van der Waals surface area contributed by atoms with Gasteiger partial charge in [-0.3, -0.25) is 5.32 Å². The summed E-state index contributed by atoms with van der Waals surface area (Å²) in [6, 6.07) is 0.871. The Hall–Kier alpha value is 0.148. The summed E-state index contributed by atoms with van der Waals surface area (Å²) in [7, 11) is -5.37. The fourth-order valence-corrected chi connectivity index (χ4v) is 9.01. The largest absolute Gasteiger partial charge is 0.580 e. The summed E-state index contributed by atoms with van der Waals surface area (Å²) in [4.78, 5) is 0. The molecule has 0 amide bonds. The van der Waals surface area contributed by atoms with E-state index in [9.17, 15) is 8.92 Å². The van der Waals surface area contributed by atoms with E-state index in [1.807, 2.05) is 6.55 Å². The van der Waals surface area contributed by atoms with Crippen LogP contribution < -0.4 is 5.32 Å². The van der Waals surface area contributed by atoms with Crippen LogP contribution in [0.25, 0.3) is 0 Å². The Kier molecular flexibility index (Phi) is 9.29. The van der Waals surface area contributed by atoms with E-state index in [2.05, 4.69) is 5.32 Å². The van der Waals surface area contributed by atoms with Crippen LogP contribution in [-0.2, 0) is 17.2 Å². The van der Waals surface area contributed by atoms with Crippen LogP contribution in [0.1, 0.15) is 6.42 Å². The highest BCUT2D eigenvalue weighted by molar-refractivity contribution is 7.14. The third-order valence-corrected chi connectivity index (χ3v) is 11.0. The van der Waals surface area contributed by atoms with E-state index in [0.717, 1.165) is 19.0 Å². The van der Waals surface area contributed by atoms with Gasteiger partial charge in [0.2, 0.25) is 0 Å². The molecule has 0 aliphatic carbocycles. The van der Waals surface area contributed by atoms with Crippen molar-refractivity contribution < 1.29 is 22.3 Å². The molecule has 0 aromatic carbocycles. The fourth-order valence-electron chi connectivity index (χ4n) is 1.07. The number of nitrogens with one attached hydrogen (secondary N) is 1. The van der Waals surface area contributed by atoms with Crippen molar-refractivity contribution in [3.05, 3.63) is 0 Å². The highest BCUT2D eigenvalue weighted by atomic mass is 29.2. The van der Waals surface area contributed by atoms with Crippen molar-refractivity contribution >= 4 is 35.7 Å². The lowest BCUT2D eigenvalue weighted by Crippen LogP contribution is -2.46. The molecule has 16 heavy (non-hydrogen) atoms. The Labute approximate surface area is 102 Å². The van der Waals surface area contributed by atoms with Crippen LogP contribution in [0, 0.1) is 0 Å². The summed E-state index contributed by atoms with van der Waals surface area (Å²) in [5.74, 6) is 0. The number of rotatable bonds is 10.